The zero-order valence-corrected chi connectivity index (χ0v) is 13.0. The molecular formula is C13H13BrN2O2S. The zero-order chi connectivity index (χ0) is 14.0. The Labute approximate surface area is 124 Å². The molecule has 2 aromatic rings. The summed E-state index contributed by atoms with van der Waals surface area (Å²) in [6.45, 7) is 3.97. The van der Waals surface area contributed by atoms with E-state index in [1.165, 1.54) is 11.8 Å². The lowest BCUT2D eigenvalue weighted by Gasteiger charge is -2.10. The summed E-state index contributed by atoms with van der Waals surface area (Å²) in [7, 11) is 0. The van der Waals surface area contributed by atoms with E-state index >= 15 is 0 Å². The van der Waals surface area contributed by atoms with Crippen LogP contribution < -0.4 is 0 Å². The van der Waals surface area contributed by atoms with Gasteiger partial charge in [0.05, 0.1) is 5.75 Å². The Morgan fingerprint density at radius 1 is 1.47 bits per heavy atom. The molecule has 0 fully saturated rings. The predicted molar refractivity (Wildman–Crippen MR) is 79.1 cm³/mol. The van der Waals surface area contributed by atoms with Crippen LogP contribution in [-0.4, -0.2) is 26.4 Å². The number of aromatic nitrogens is 2. The molecule has 1 heterocycles. The fraction of sp³-hybridized carbons (Fsp3) is 0.231. The first-order valence-electron chi connectivity index (χ1n) is 5.64. The van der Waals surface area contributed by atoms with Gasteiger partial charge >= 0.3 is 5.97 Å². The molecule has 100 valence electrons. The lowest BCUT2D eigenvalue weighted by atomic mass is 10.2. The fourth-order valence-electron chi connectivity index (χ4n) is 1.68. The van der Waals surface area contributed by atoms with E-state index < -0.39 is 5.97 Å². The molecule has 0 unspecified atom stereocenters. The molecule has 0 radical (unpaired) electrons. The molecule has 0 spiro atoms. The molecule has 1 aromatic heterocycles. The molecule has 0 aliphatic carbocycles. The number of carboxylic acids is 1. The lowest BCUT2D eigenvalue weighted by molar-refractivity contribution is -0.133. The van der Waals surface area contributed by atoms with E-state index in [-0.39, 0.29) is 5.75 Å². The van der Waals surface area contributed by atoms with Crippen molar-refractivity contribution in [2.75, 3.05) is 5.75 Å². The van der Waals surface area contributed by atoms with Crippen molar-refractivity contribution >= 4 is 33.7 Å². The number of aliphatic carboxylic acids is 1. The molecule has 4 nitrogen and oxygen atoms in total. The molecule has 0 amide bonds. The highest BCUT2D eigenvalue weighted by molar-refractivity contribution is 9.10. The summed E-state index contributed by atoms with van der Waals surface area (Å²) in [4.78, 5) is 14.9. The number of halogens is 1. The Bertz CT molecular complexity index is 625. The van der Waals surface area contributed by atoms with Crippen LogP contribution in [0.2, 0.25) is 0 Å². The molecule has 0 aliphatic rings. The molecule has 0 bridgehead atoms. The summed E-state index contributed by atoms with van der Waals surface area (Å²) in [5.74, 6) is -0.842. The Morgan fingerprint density at radius 3 is 2.84 bits per heavy atom. The average molecular weight is 341 g/mol. The largest absolute Gasteiger partial charge is 0.481 e. The third kappa shape index (κ3) is 3.19. The normalized spacial score (nSPS) is 10.7. The number of benzene rings is 1. The van der Waals surface area contributed by atoms with Crippen LogP contribution in [0.1, 0.15) is 11.3 Å². The van der Waals surface area contributed by atoms with Gasteiger partial charge in [0.2, 0.25) is 0 Å². The molecule has 6 heteroatoms. The Kier molecular flexibility index (Phi) is 4.31. The summed E-state index contributed by atoms with van der Waals surface area (Å²) in [5.41, 5.74) is 3.10. The molecule has 2 rings (SSSR count). The summed E-state index contributed by atoms with van der Waals surface area (Å²) in [5, 5.41) is 9.45. The molecule has 1 aromatic carbocycles. The minimum Gasteiger partial charge on any atom is -0.481 e. The number of rotatable bonds is 4. The number of hydrogen-bond acceptors (Lipinski definition) is 3. The molecule has 19 heavy (non-hydrogen) atoms. The highest BCUT2D eigenvalue weighted by Gasteiger charge is 2.12. The maximum absolute atomic E-state index is 10.7. The zero-order valence-electron chi connectivity index (χ0n) is 10.6. The van der Waals surface area contributed by atoms with E-state index in [1.54, 1.807) is 6.20 Å². The molecule has 0 atom stereocenters. The van der Waals surface area contributed by atoms with E-state index in [0.717, 1.165) is 21.4 Å². The highest BCUT2D eigenvalue weighted by Crippen LogP contribution is 2.26. The smallest absolute Gasteiger partial charge is 0.313 e. The first-order chi connectivity index (χ1) is 8.99. The number of imidazole rings is 1. The van der Waals surface area contributed by atoms with Crippen LogP contribution >= 0.6 is 27.7 Å². The molecule has 1 N–H and O–H groups in total. The second-order valence-electron chi connectivity index (χ2n) is 4.13. The number of thioether (sulfide) groups is 1. The van der Waals surface area contributed by atoms with Crippen LogP contribution in [0.5, 0.6) is 0 Å². The maximum atomic E-state index is 10.7. The number of nitrogens with zero attached hydrogens (tertiary/aromatic N) is 2. The summed E-state index contributed by atoms with van der Waals surface area (Å²) >= 11 is 4.73. The third-order valence-electron chi connectivity index (χ3n) is 2.64. The van der Waals surface area contributed by atoms with E-state index in [9.17, 15) is 4.79 Å². The topological polar surface area (TPSA) is 55.1 Å². The second-order valence-corrected chi connectivity index (χ2v) is 5.93. The van der Waals surface area contributed by atoms with Crippen LogP contribution in [0.3, 0.4) is 0 Å². The quantitative estimate of drug-likeness (QED) is 0.866. The summed E-state index contributed by atoms with van der Waals surface area (Å²) in [6, 6.07) is 6.03. The molecule has 0 saturated carbocycles. The van der Waals surface area contributed by atoms with Gasteiger partial charge in [-0.15, -0.1) is 0 Å². The van der Waals surface area contributed by atoms with E-state index in [2.05, 4.69) is 20.9 Å². The van der Waals surface area contributed by atoms with Gasteiger partial charge in [-0.1, -0.05) is 33.8 Å². The standard InChI is InChI=1S/C13H13BrN2O2S/c1-8-3-4-10(5-11(8)14)16-9(2)6-15-13(16)19-7-12(17)18/h3-6H,7H2,1-2H3,(H,17,18). The van der Waals surface area contributed by atoms with Crippen molar-refractivity contribution in [1.29, 1.82) is 0 Å². The first kappa shape index (κ1) is 14.1. The van der Waals surface area contributed by atoms with Crippen LogP contribution in [0.15, 0.2) is 34.0 Å². The second kappa shape index (κ2) is 5.79. The van der Waals surface area contributed by atoms with E-state index in [0.29, 0.717) is 5.16 Å². The monoisotopic (exact) mass is 340 g/mol. The van der Waals surface area contributed by atoms with Crippen molar-refractivity contribution in [3.05, 3.63) is 40.1 Å². The van der Waals surface area contributed by atoms with Crippen LogP contribution in [0, 0.1) is 13.8 Å². The maximum Gasteiger partial charge on any atom is 0.313 e. The number of hydrogen-bond donors (Lipinski definition) is 1. The number of carbonyl (C=O) groups is 1. The average Bonchev–Trinajstić information content (AvgIpc) is 2.71. The fourth-order valence-corrected chi connectivity index (χ4v) is 2.80. The summed E-state index contributed by atoms with van der Waals surface area (Å²) in [6.07, 6.45) is 1.75. The SMILES string of the molecule is Cc1ccc(-n2c(C)cnc2SCC(=O)O)cc1Br. The van der Waals surface area contributed by atoms with Crippen LogP contribution in [-0.2, 0) is 4.79 Å². The van der Waals surface area contributed by atoms with Gasteiger partial charge in [0.1, 0.15) is 0 Å². The van der Waals surface area contributed by atoms with E-state index in [4.69, 9.17) is 5.11 Å². The van der Waals surface area contributed by atoms with Crippen molar-refractivity contribution in [3.63, 3.8) is 0 Å². The van der Waals surface area contributed by atoms with Crippen molar-refractivity contribution in [2.45, 2.75) is 19.0 Å². The van der Waals surface area contributed by atoms with Gasteiger partial charge < -0.3 is 5.11 Å². The van der Waals surface area contributed by atoms with Crippen LogP contribution in [0.4, 0.5) is 0 Å². The highest BCUT2D eigenvalue weighted by atomic mass is 79.9. The van der Waals surface area contributed by atoms with Crippen molar-refractivity contribution in [2.24, 2.45) is 0 Å². The minimum absolute atomic E-state index is 0.00346. The van der Waals surface area contributed by atoms with Gasteiger partial charge in [0, 0.05) is 22.1 Å². The number of aryl methyl sites for hydroxylation is 2. The Balaban J connectivity index is 2.40. The minimum atomic E-state index is -0.845. The molecule has 0 aliphatic heterocycles. The van der Waals surface area contributed by atoms with Gasteiger partial charge in [0.15, 0.2) is 5.16 Å². The third-order valence-corrected chi connectivity index (χ3v) is 4.44. The van der Waals surface area contributed by atoms with Gasteiger partial charge in [0.25, 0.3) is 0 Å². The number of carboxylic acid groups (broad SMARTS) is 1. The van der Waals surface area contributed by atoms with E-state index in [1.807, 2.05) is 36.6 Å². The molecular weight excluding hydrogens is 328 g/mol. The van der Waals surface area contributed by atoms with Gasteiger partial charge in [-0.2, -0.15) is 0 Å². The van der Waals surface area contributed by atoms with Gasteiger partial charge in [-0.3, -0.25) is 9.36 Å². The Hall–Kier alpha value is -1.27. The predicted octanol–water partition coefficient (Wildman–Crippen LogP) is 3.43. The Morgan fingerprint density at radius 2 is 2.21 bits per heavy atom. The summed E-state index contributed by atoms with van der Waals surface area (Å²) < 4.78 is 2.98. The van der Waals surface area contributed by atoms with Crippen LogP contribution in [0.25, 0.3) is 5.69 Å². The van der Waals surface area contributed by atoms with Crippen molar-refractivity contribution in [1.82, 2.24) is 9.55 Å². The van der Waals surface area contributed by atoms with Gasteiger partial charge in [-0.25, -0.2) is 4.98 Å². The van der Waals surface area contributed by atoms with Crippen molar-refractivity contribution < 1.29 is 9.90 Å². The van der Waals surface area contributed by atoms with Crippen molar-refractivity contribution in [3.8, 4) is 5.69 Å². The van der Waals surface area contributed by atoms with Gasteiger partial charge in [-0.05, 0) is 31.5 Å². The lowest BCUT2D eigenvalue weighted by Crippen LogP contribution is -2.03. The molecule has 0 saturated heterocycles. The first-order valence-corrected chi connectivity index (χ1v) is 7.42.